The van der Waals surface area contributed by atoms with Gasteiger partial charge < -0.3 is 11.5 Å². The maximum absolute atomic E-state index is 11.1. The lowest BCUT2D eigenvalue weighted by molar-refractivity contribution is -0.384. The van der Waals surface area contributed by atoms with Crippen molar-refractivity contribution < 1.29 is 4.92 Å². The molecule has 0 saturated heterocycles. The SMILES string of the molecule is Cc1nn2c(/C=N/N=C(N)N)c(-c3ccc(Cl)c([N+](=O)[O-])c3)nc2s1.Cl. The van der Waals surface area contributed by atoms with Crippen LogP contribution in [0.4, 0.5) is 5.69 Å². The van der Waals surface area contributed by atoms with E-state index in [1.54, 1.807) is 10.6 Å². The van der Waals surface area contributed by atoms with Crippen LogP contribution in [0.25, 0.3) is 16.2 Å². The first-order chi connectivity index (χ1) is 11.9. The number of nitrogens with zero attached hydrogens (tertiary/aromatic N) is 6. The molecule has 0 atom stereocenters. The van der Waals surface area contributed by atoms with Crippen LogP contribution in [0, 0.1) is 17.0 Å². The molecule has 4 N–H and O–H groups in total. The van der Waals surface area contributed by atoms with E-state index in [0.29, 0.717) is 21.9 Å². The number of nitrogens with two attached hydrogens (primary N) is 2. The molecule has 0 amide bonds. The summed E-state index contributed by atoms with van der Waals surface area (Å²) in [4.78, 5) is 15.7. The first-order valence-corrected chi connectivity index (χ1v) is 7.98. The van der Waals surface area contributed by atoms with Crippen molar-refractivity contribution in [2.75, 3.05) is 0 Å². The minimum atomic E-state index is -0.556. The molecular weight excluding hydrogens is 403 g/mol. The third kappa shape index (κ3) is 3.74. The van der Waals surface area contributed by atoms with Gasteiger partial charge in [0.2, 0.25) is 10.9 Å². The number of imidazole rings is 1. The average molecular weight is 415 g/mol. The fourth-order valence-electron chi connectivity index (χ4n) is 2.14. The van der Waals surface area contributed by atoms with Gasteiger partial charge in [-0.2, -0.15) is 10.2 Å². The van der Waals surface area contributed by atoms with Crippen molar-refractivity contribution in [1.82, 2.24) is 14.6 Å². The molecule has 0 saturated carbocycles. The molecule has 136 valence electrons. The van der Waals surface area contributed by atoms with Crippen LogP contribution in [0.1, 0.15) is 10.7 Å². The van der Waals surface area contributed by atoms with Crippen LogP contribution in [-0.4, -0.2) is 31.7 Å². The van der Waals surface area contributed by atoms with E-state index in [2.05, 4.69) is 20.3 Å². The lowest BCUT2D eigenvalue weighted by atomic mass is 10.1. The smallest absolute Gasteiger partial charge is 0.288 e. The van der Waals surface area contributed by atoms with Gasteiger partial charge in [0.1, 0.15) is 21.4 Å². The van der Waals surface area contributed by atoms with Crippen LogP contribution >= 0.6 is 35.3 Å². The number of hydrogen-bond donors (Lipinski definition) is 2. The number of rotatable bonds is 4. The molecule has 26 heavy (non-hydrogen) atoms. The van der Waals surface area contributed by atoms with Gasteiger partial charge >= 0.3 is 0 Å². The topological polar surface area (TPSA) is 150 Å². The molecule has 2 aromatic heterocycles. The molecule has 0 spiro atoms. The van der Waals surface area contributed by atoms with Crippen molar-refractivity contribution >= 4 is 58.2 Å². The predicted octanol–water partition coefficient (Wildman–Crippen LogP) is 2.36. The fraction of sp³-hybridized carbons (Fsp3) is 0.0769. The molecule has 0 aliphatic carbocycles. The highest BCUT2D eigenvalue weighted by Crippen LogP contribution is 2.32. The highest BCUT2D eigenvalue weighted by atomic mass is 35.5. The molecule has 3 rings (SSSR count). The summed E-state index contributed by atoms with van der Waals surface area (Å²) in [5.41, 5.74) is 11.7. The van der Waals surface area contributed by atoms with Crippen LogP contribution in [0.3, 0.4) is 0 Å². The van der Waals surface area contributed by atoms with Crippen molar-refractivity contribution in [3.63, 3.8) is 0 Å². The van der Waals surface area contributed by atoms with Crippen LogP contribution in [-0.2, 0) is 0 Å². The number of nitro groups is 1. The van der Waals surface area contributed by atoms with Gasteiger partial charge in [-0.05, 0) is 13.0 Å². The molecule has 0 aliphatic heterocycles. The number of aromatic nitrogens is 3. The Bertz CT molecular complexity index is 1040. The van der Waals surface area contributed by atoms with E-state index >= 15 is 0 Å². The van der Waals surface area contributed by atoms with Gasteiger partial charge in [-0.25, -0.2) is 9.50 Å². The van der Waals surface area contributed by atoms with Crippen LogP contribution in [0.5, 0.6) is 0 Å². The molecule has 0 unspecified atom stereocenters. The lowest BCUT2D eigenvalue weighted by Crippen LogP contribution is -2.21. The molecule has 10 nitrogen and oxygen atoms in total. The van der Waals surface area contributed by atoms with Gasteiger partial charge in [-0.1, -0.05) is 29.0 Å². The van der Waals surface area contributed by atoms with Crippen LogP contribution in [0.2, 0.25) is 5.02 Å². The molecule has 2 heterocycles. The van der Waals surface area contributed by atoms with Gasteiger partial charge in [0, 0.05) is 11.6 Å². The normalized spacial score (nSPS) is 10.8. The van der Waals surface area contributed by atoms with E-state index in [-0.39, 0.29) is 29.1 Å². The summed E-state index contributed by atoms with van der Waals surface area (Å²) >= 11 is 7.23. The van der Waals surface area contributed by atoms with E-state index < -0.39 is 4.92 Å². The number of hydrogen-bond acceptors (Lipinski definition) is 7. The minimum Gasteiger partial charge on any atom is -0.369 e. The molecule has 13 heteroatoms. The number of benzene rings is 1. The lowest BCUT2D eigenvalue weighted by Gasteiger charge is -2.01. The van der Waals surface area contributed by atoms with E-state index in [4.69, 9.17) is 23.1 Å². The number of fused-ring (bicyclic) bond motifs is 1. The molecular formula is C13H12Cl2N8O2S. The van der Waals surface area contributed by atoms with Gasteiger partial charge in [0.15, 0.2) is 0 Å². The third-order valence-electron chi connectivity index (χ3n) is 3.11. The van der Waals surface area contributed by atoms with E-state index in [0.717, 1.165) is 5.01 Å². The van der Waals surface area contributed by atoms with Crippen LogP contribution < -0.4 is 11.5 Å². The standard InChI is InChI=1S/C13H11ClN8O2S.ClH/c1-6-20-21-10(5-17-19-12(15)16)11(18-13(21)25-6)7-2-3-8(14)9(4-7)22(23)24;/h2-5H,1H3,(H4,15,16,19);1H/b17-5+;. The molecule has 0 radical (unpaired) electrons. The summed E-state index contributed by atoms with van der Waals surface area (Å²) in [5, 5.41) is 23.6. The Morgan fingerprint density at radius 3 is 2.85 bits per heavy atom. The van der Waals surface area contributed by atoms with Crippen molar-refractivity contribution in [1.29, 1.82) is 0 Å². The Kier molecular flexibility index (Phi) is 5.75. The minimum absolute atomic E-state index is 0. The highest BCUT2D eigenvalue weighted by molar-refractivity contribution is 7.16. The van der Waals surface area contributed by atoms with E-state index in [9.17, 15) is 10.1 Å². The Labute approximate surface area is 161 Å². The summed E-state index contributed by atoms with van der Waals surface area (Å²) in [7, 11) is 0. The monoisotopic (exact) mass is 414 g/mol. The maximum Gasteiger partial charge on any atom is 0.288 e. The Morgan fingerprint density at radius 2 is 2.19 bits per heavy atom. The Balaban J connectivity index is 0.00000243. The number of guanidine groups is 1. The molecule has 3 aromatic rings. The summed E-state index contributed by atoms with van der Waals surface area (Å²) in [6.07, 6.45) is 1.38. The second-order valence-corrected chi connectivity index (χ2v) is 6.42. The molecule has 0 fully saturated rings. The van der Waals surface area contributed by atoms with Gasteiger partial charge in [0.25, 0.3) is 5.69 Å². The highest BCUT2D eigenvalue weighted by Gasteiger charge is 2.20. The first-order valence-electron chi connectivity index (χ1n) is 6.79. The quantitative estimate of drug-likeness (QED) is 0.289. The van der Waals surface area contributed by atoms with Gasteiger partial charge in [0.05, 0.1) is 11.1 Å². The van der Waals surface area contributed by atoms with Crippen LogP contribution in [0.15, 0.2) is 28.4 Å². The summed E-state index contributed by atoms with van der Waals surface area (Å²) in [6, 6.07) is 4.42. The number of nitro benzene ring substituents is 1. The number of aryl methyl sites for hydroxylation is 1. The molecule has 0 aliphatic rings. The third-order valence-corrected chi connectivity index (χ3v) is 4.25. The second kappa shape index (κ2) is 7.64. The van der Waals surface area contributed by atoms with Gasteiger partial charge in [-0.15, -0.1) is 17.5 Å². The average Bonchev–Trinajstić information content (AvgIpc) is 3.04. The van der Waals surface area contributed by atoms with E-state index in [1.807, 2.05) is 6.92 Å². The number of halogens is 2. The van der Waals surface area contributed by atoms with Crippen molar-refractivity contribution in [3.05, 3.63) is 44.0 Å². The largest absolute Gasteiger partial charge is 0.369 e. The zero-order chi connectivity index (χ0) is 18.1. The zero-order valence-corrected chi connectivity index (χ0v) is 15.5. The fourth-order valence-corrected chi connectivity index (χ4v) is 3.07. The van der Waals surface area contributed by atoms with Crippen molar-refractivity contribution in [2.24, 2.45) is 21.7 Å². The summed E-state index contributed by atoms with van der Waals surface area (Å²) in [6.45, 7) is 1.84. The Hall–Kier alpha value is -2.76. The van der Waals surface area contributed by atoms with Crippen molar-refractivity contribution in [2.45, 2.75) is 6.92 Å². The van der Waals surface area contributed by atoms with Gasteiger partial charge in [-0.3, -0.25) is 10.1 Å². The predicted molar refractivity (Wildman–Crippen MR) is 103 cm³/mol. The zero-order valence-electron chi connectivity index (χ0n) is 13.2. The van der Waals surface area contributed by atoms with E-state index in [1.165, 1.54) is 29.7 Å². The summed E-state index contributed by atoms with van der Waals surface area (Å²) < 4.78 is 1.57. The first kappa shape index (κ1) is 19.6. The summed E-state index contributed by atoms with van der Waals surface area (Å²) in [5.74, 6) is -0.199. The Morgan fingerprint density at radius 1 is 1.46 bits per heavy atom. The molecule has 0 bridgehead atoms. The maximum atomic E-state index is 11.1. The van der Waals surface area contributed by atoms with Crippen molar-refractivity contribution in [3.8, 4) is 11.3 Å². The second-order valence-electron chi connectivity index (χ2n) is 4.85. The molecule has 1 aromatic carbocycles.